The molecule has 5 nitrogen and oxygen atoms in total. The molecule has 0 heterocycles. The van der Waals surface area contributed by atoms with Gasteiger partial charge < -0.3 is 15.0 Å². The zero-order valence-corrected chi connectivity index (χ0v) is 22.3. The number of rotatable bonds is 10. The van der Waals surface area contributed by atoms with Gasteiger partial charge in [0.1, 0.15) is 11.8 Å². The fourth-order valence-corrected chi connectivity index (χ4v) is 4.95. The minimum absolute atomic E-state index is 0.111. The average Bonchev–Trinajstić information content (AvgIpc) is 3.41. The first kappa shape index (κ1) is 26.7. The lowest BCUT2D eigenvalue weighted by atomic mass is 10.0. The number of amides is 2. The summed E-state index contributed by atoms with van der Waals surface area (Å²) in [7, 11) is 0. The molecule has 1 saturated carbocycles. The van der Waals surface area contributed by atoms with Gasteiger partial charge in [-0.2, -0.15) is 0 Å². The molecule has 3 aromatic rings. The van der Waals surface area contributed by atoms with E-state index in [-0.39, 0.29) is 24.5 Å². The van der Waals surface area contributed by atoms with Gasteiger partial charge in [0, 0.05) is 24.0 Å². The zero-order chi connectivity index (χ0) is 26.2. The van der Waals surface area contributed by atoms with Crippen LogP contribution in [0.5, 0.6) is 5.75 Å². The third-order valence-corrected chi connectivity index (χ3v) is 7.49. The summed E-state index contributed by atoms with van der Waals surface area (Å²) in [5.41, 5.74) is 3.96. The van der Waals surface area contributed by atoms with Crippen LogP contribution in [-0.2, 0) is 22.6 Å². The van der Waals surface area contributed by atoms with Crippen LogP contribution in [-0.4, -0.2) is 35.4 Å². The molecule has 6 heteroatoms. The predicted molar refractivity (Wildman–Crippen MR) is 148 cm³/mol. The summed E-state index contributed by atoms with van der Waals surface area (Å²) in [5.74, 6) is 0.222. The summed E-state index contributed by atoms with van der Waals surface area (Å²) in [6.07, 6.45) is 4.63. The number of hydrogen-bond donors (Lipinski definition) is 1. The molecule has 1 N–H and O–H groups in total. The Morgan fingerprint density at radius 2 is 1.68 bits per heavy atom. The number of halogens is 1. The number of hydrogen-bond acceptors (Lipinski definition) is 3. The van der Waals surface area contributed by atoms with Crippen LogP contribution < -0.4 is 10.1 Å². The van der Waals surface area contributed by atoms with Crippen molar-refractivity contribution < 1.29 is 14.3 Å². The van der Waals surface area contributed by atoms with Crippen molar-refractivity contribution in [3.8, 4) is 5.75 Å². The number of aryl methyl sites for hydroxylation is 2. The first-order valence-electron chi connectivity index (χ1n) is 13.0. The third kappa shape index (κ3) is 7.36. The second-order valence-corrected chi connectivity index (χ2v) is 10.3. The summed E-state index contributed by atoms with van der Waals surface area (Å²) in [5, 5.41) is 3.88. The third-order valence-electron chi connectivity index (χ3n) is 7.07. The molecule has 0 radical (unpaired) electrons. The summed E-state index contributed by atoms with van der Waals surface area (Å²) in [6.45, 7) is 4.07. The van der Waals surface area contributed by atoms with Gasteiger partial charge in [-0.15, -0.1) is 0 Å². The summed E-state index contributed by atoms with van der Waals surface area (Å²) < 4.78 is 5.88. The van der Waals surface area contributed by atoms with Crippen molar-refractivity contribution in [3.05, 3.63) is 100 Å². The first-order valence-corrected chi connectivity index (χ1v) is 13.4. The van der Waals surface area contributed by atoms with Crippen LogP contribution in [0, 0.1) is 13.8 Å². The van der Waals surface area contributed by atoms with E-state index in [4.69, 9.17) is 16.3 Å². The molecule has 1 fully saturated rings. The number of carbonyl (C=O) groups is 2. The Morgan fingerprint density at radius 3 is 2.38 bits per heavy atom. The number of nitrogens with one attached hydrogen (secondary N) is 1. The van der Waals surface area contributed by atoms with Crippen LogP contribution >= 0.6 is 11.6 Å². The molecule has 0 aromatic heterocycles. The topological polar surface area (TPSA) is 58.6 Å². The van der Waals surface area contributed by atoms with Crippen molar-refractivity contribution in [2.24, 2.45) is 0 Å². The summed E-state index contributed by atoms with van der Waals surface area (Å²) >= 11 is 6.15. The normalized spacial score (nSPS) is 14.2. The molecule has 4 rings (SSSR count). The van der Waals surface area contributed by atoms with Crippen molar-refractivity contribution in [1.82, 2.24) is 10.2 Å². The summed E-state index contributed by atoms with van der Waals surface area (Å²) in [4.78, 5) is 29.2. The van der Waals surface area contributed by atoms with Crippen LogP contribution in [0.4, 0.5) is 0 Å². The van der Waals surface area contributed by atoms with Crippen LogP contribution in [0.15, 0.2) is 72.8 Å². The fraction of sp³-hybridized carbons (Fsp3) is 0.355. The highest BCUT2D eigenvalue weighted by Crippen LogP contribution is 2.23. The van der Waals surface area contributed by atoms with Crippen LogP contribution in [0.3, 0.4) is 0 Å². The van der Waals surface area contributed by atoms with Gasteiger partial charge in [-0.05, 0) is 67.1 Å². The van der Waals surface area contributed by atoms with E-state index in [2.05, 4.69) is 5.32 Å². The highest BCUT2D eigenvalue weighted by atomic mass is 35.5. The first-order chi connectivity index (χ1) is 17.9. The van der Waals surface area contributed by atoms with Gasteiger partial charge in [0.2, 0.25) is 5.91 Å². The molecule has 1 aliphatic carbocycles. The van der Waals surface area contributed by atoms with Gasteiger partial charge in [0.15, 0.2) is 6.61 Å². The Bertz CT molecular complexity index is 1210. The van der Waals surface area contributed by atoms with Gasteiger partial charge in [-0.1, -0.05) is 79.0 Å². The van der Waals surface area contributed by atoms with E-state index in [1.807, 2.05) is 74.5 Å². The van der Waals surface area contributed by atoms with Crippen molar-refractivity contribution in [3.63, 3.8) is 0 Å². The van der Waals surface area contributed by atoms with Crippen LogP contribution in [0.1, 0.15) is 47.9 Å². The molecule has 0 bridgehead atoms. The van der Waals surface area contributed by atoms with Gasteiger partial charge in [-0.3, -0.25) is 9.59 Å². The van der Waals surface area contributed by atoms with Gasteiger partial charge in [0.05, 0.1) is 0 Å². The quantitative estimate of drug-likeness (QED) is 0.356. The largest absolute Gasteiger partial charge is 0.484 e. The maximum atomic E-state index is 13.8. The van der Waals surface area contributed by atoms with Gasteiger partial charge >= 0.3 is 0 Å². The zero-order valence-electron chi connectivity index (χ0n) is 21.6. The maximum absolute atomic E-state index is 13.8. The molecular formula is C31H35ClN2O3. The SMILES string of the molecule is Cc1cc(OCC(=O)N(Cc2ccccc2C)[C@@H](Cc2ccccc2)C(=O)NC2CCCC2)ccc1Cl. The van der Waals surface area contributed by atoms with E-state index < -0.39 is 6.04 Å². The number of nitrogens with zero attached hydrogens (tertiary/aromatic N) is 1. The van der Waals surface area contributed by atoms with Crippen molar-refractivity contribution in [2.45, 2.75) is 64.6 Å². The van der Waals surface area contributed by atoms with E-state index in [1.54, 1.807) is 17.0 Å². The minimum atomic E-state index is -0.661. The molecule has 3 aromatic carbocycles. The Kier molecular flexibility index (Phi) is 9.24. The van der Waals surface area contributed by atoms with E-state index >= 15 is 0 Å². The molecule has 1 aliphatic rings. The van der Waals surface area contributed by atoms with Gasteiger partial charge in [0.25, 0.3) is 5.91 Å². The van der Waals surface area contributed by atoms with E-state index in [0.717, 1.165) is 47.9 Å². The molecule has 37 heavy (non-hydrogen) atoms. The van der Waals surface area contributed by atoms with Gasteiger partial charge in [-0.25, -0.2) is 0 Å². The second kappa shape index (κ2) is 12.8. The highest BCUT2D eigenvalue weighted by Gasteiger charge is 2.32. The standard InChI is InChI=1S/C31H35ClN2O3/c1-22-10-6-7-13-25(22)20-34(30(35)21-37-27-16-17-28(32)23(2)18-27)29(19-24-11-4-3-5-12-24)31(36)33-26-14-8-9-15-26/h3-7,10-13,16-18,26,29H,8-9,14-15,19-21H2,1-2H3,(H,33,36)/t29-/m0/s1. The number of benzene rings is 3. The smallest absolute Gasteiger partial charge is 0.261 e. The number of carbonyl (C=O) groups excluding carboxylic acids is 2. The lowest BCUT2D eigenvalue weighted by molar-refractivity contribution is -0.143. The van der Waals surface area contributed by atoms with Crippen molar-refractivity contribution in [2.75, 3.05) is 6.61 Å². The van der Waals surface area contributed by atoms with Crippen molar-refractivity contribution in [1.29, 1.82) is 0 Å². The molecule has 0 spiro atoms. The van der Waals surface area contributed by atoms with E-state index in [9.17, 15) is 9.59 Å². The maximum Gasteiger partial charge on any atom is 0.261 e. The van der Waals surface area contributed by atoms with E-state index in [0.29, 0.717) is 23.7 Å². The van der Waals surface area contributed by atoms with Crippen LogP contribution in [0.25, 0.3) is 0 Å². The molecule has 0 aliphatic heterocycles. The Balaban J connectivity index is 1.62. The Hall–Kier alpha value is -3.31. The van der Waals surface area contributed by atoms with E-state index in [1.165, 1.54) is 0 Å². The van der Waals surface area contributed by atoms with Crippen LogP contribution in [0.2, 0.25) is 5.02 Å². The molecule has 194 valence electrons. The lowest BCUT2D eigenvalue weighted by Crippen LogP contribution is -2.53. The molecule has 2 amide bonds. The average molecular weight is 519 g/mol. The lowest BCUT2D eigenvalue weighted by Gasteiger charge is -2.32. The molecule has 1 atom stereocenters. The fourth-order valence-electron chi connectivity index (χ4n) is 4.83. The molecule has 0 unspecified atom stereocenters. The second-order valence-electron chi connectivity index (χ2n) is 9.84. The van der Waals surface area contributed by atoms with Crippen molar-refractivity contribution >= 4 is 23.4 Å². The predicted octanol–water partition coefficient (Wildman–Crippen LogP) is 6.03. The Labute approximate surface area is 224 Å². The highest BCUT2D eigenvalue weighted by molar-refractivity contribution is 6.31. The monoisotopic (exact) mass is 518 g/mol. The molecule has 0 saturated heterocycles. The Morgan fingerprint density at radius 1 is 0.973 bits per heavy atom. The summed E-state index contributed by atoms with van der Waals surface area (Å²) in [6, 6.07) is 22.7. The minimum Gasteiger partial charge on any atom is -0.484 e. The number of ether oxygens (including phenoxy) is 1. The molecular weight excluding hydrogens is 484 g/mol.